The van der Waals surface area contributed by atoms with Crippen molar-refractivity contribution in [2.75, 3.05) is 47.5 Å². The van der Waals surface area contributed by atoms with Gasteiger partial charge in [-0.05, 0) is 83.5 Å². The molecule has 1 saturated heterocycles. The Morgan fingerprint density at radius 3 is 1.75 bits per heavy atom. The van der Waals surface area contributed by atoms with Crippen molar-refractivity contribution in [2.45, 2.75) is 173 Å². The van der Waals surface area contributed by atoms with Crippen molar-refractivity contribution < 1.29 is 46.8 Å². The zero-order chi connectivity index (χ0) is 43.3. The van der Waals surface area contributed by atoms with Gasteiger partial charge < -0.3 is 23.6 Å². The van der Waals surface area contributed by atoms with Gasteiger partial charge in [-0.25, -0.2) is 4.57 Å². The van der Waals surface area contributed by atoms with Crippen LogP contribution in [0.1, 0.15) is 155 Å². The molecule has 0 spiro atoms. The van der Waals surface area contributed by atoms with Crippen LogP contribution in [0, 0.1) is 0 Å². The number of unbranched alkanes of at least 4 members (excludes halogenated alkanes) is 10. The summed E-state index contributed by atoms with van der Waals surface area (Å²) in [5, 5.41) is 0. The minimum Gasteiger partial charge on any atom is -0.462 e. The normalized spacial score (nSPS) is 17.7. The van der Waals surface area contributed by atoms with Gasteiger partial charge in [0.25, 0.3) is 0 Å². The molecule has 0 aromatic rings. The topological polar surface area (TPSA) is 121 Å². The summed E-state index contributed by atoms with van der Waals surface area (Å²) in [6.45, 7) is 4.22. The highest BCUT2D eigenvalue weighted by Gasteiger charge is 2.36. The van der Waals surface area contributed by atoms with Crippen molar-refractivity contribution in [3.8, 4) is 0 Å². The standard InChI is InChI=1S/C48H82NO9P/c1-6-8-10-12-14-16-18-20-21-22-23-24-26-28-30-32-34-38-48(51)57-44(43-56-59(52,53)55-41-40-49(3,4)5)42-54-47(50)39-35-37-46-45(58-46)36-33-31-29-27-25-19-17-15-13-11-9-7-2/h15,17,20-21,23-25,27-28,30-31,33,44-46H,6-14,16,18-19,22,26,29,32,34-43H2,1-5H3/p+1/b17-15-,21-20-,24-23-,27-25-,30-28-,33-31-/t44-,45?,46?/m1/s1. The number of esters is 2. The molecule has 1 aliphatic heterocycles. The minimum absolute atomic E-state index is 0.00689. The van der Waals surface area contributed by atoms with Crippen LogP contribution in [-0.2, 0) is 37.4 Å². The Kier molecular flexibility index (Phi) is 33.3. The summed E-state index contributed by atoms with van der Waals surface area (Å²) in [5.74, 6) is -0.942. The lowest BCUT2D eigenvalue weighted by Crippen LogP contribution is -2.37. The number of carbonyl (C=O) groups is 2. The second kappa shape index (κ2) is 36.1. The van der Waals surface area contributed by atoms with E-state index >= 15 is 0 Å². The summed E-state index contributed by atoms with van der Waals surface area (Å²) in [5.41, 5.74) is 0. The smallest absolute Gasteiger partial charge is 0.462 e. The highest BCUT2D eigenvalue weighted by atomic mass is 31.2. The van der Waals surface area contributed by atoms with Gasteiger partial charge in [0.05, 0.1) is 40.0 Å². The molecule has 0 aromatic carbocycles. The molecule has 10 nitrogen and oxygen atoms in total. The van der Waals surface area contributed by atoms with Crippen LogP contribution in [0.15, 0.2) is 72.9 Å². The minimum atomic E-state index is -4.41. The molecule has 338 valence electrons. The van der Waals surface area contributed by atoms with Gasteiger partial charge >= 0.3 is 19.8 Å². The molecule has 0 bridgehead atoms. The van der Waals surface area contributed by atoms with E-state index in [4.69, 9.17) is 23.3 Å². The summed E-state index contributed by atoms with van der Waals surface area (Å²) in [6, 6.07) is 0. The first-order valence-corrected chi connectivity index (χ1v) is 24.3. The number of phosphoric acid groups is 1. The Labute approximate surface area is 359 Å². The van der Waals surface area contributed by atoms with Crippen molar-refractivity contribution >= 4 is 19.8 Å². The van der Waals surface area contributed by atoms with Crippen LogP contribution in [0.3, 0.4) is 0 Å². The van der Waals surface area contributed by atoms with E-state index in [0.717, 1.165) is 44.9 Å². The summed E-state index contributed by atoms with van der Waals surface area (Å²) in [4.78, 5) is 35.5. The Morgan fingerprint density at radius 2 is 1.14 bits per heavy atom. The number of epoxide rings is 1. The number of ether oxygens (including phenoxy) is 3. The third-order valence-electron chi connectivity index (χ3n) is 9.63. The van der Waals surface area contributed by atoms with E-state index in [9.17, 15) is 19.0 Å². The van der Waals surface area contributed by atoms with Gasteiger partial charge in [-0.1, -0.05) is 132 Å². The van der Waals surface area contributed by atoms with Gasteiger partial charge in [-0.3, -0.25) is 18.6 Å². The van der Waals surface area contributed by atoms with Crippen LogP contribution in [0.25, 0.3) is 0 Å². The van der Waals surface area contributed by atoms with Crippen molar-refractivity contribution in [1.82, 2.24) is 0 Å². The second-order valence-electron chi connectivity index (χ2n) is 16.5. The van der Waals surface area contributed by atoms with Gasteiger partial charge in [-0.2, -0.15) is 0 Å². The molecule has 1 fully saturated rings. The highest BCUT2D eigenvalue weighted by molar-refractivity contribution is 7.47. The Hall–Kier alpha value is -2.59. The van der Waals surface area contributed by atoms with Crippen LogP contribution in [0.2, 0.25) is 0 Å². The number of hydrogen-bond acceptors (Lipinski definition) is 8. The first-order valence-electron chi connectivity index (χ1n) is 22.8. The monoisotopic (exact) mass is 849 g/mol. The average Bonchev–Trinajstić information content (AvgIpc) is 3.94. The van der Waals surface area contributed by atoms with Gasteiger partial charge in [-0.15, -0.1) is 0 Å². The van der Waals surface area contributed by atoms with E-state index in [1.54, 1.807) is 0 Å². The second-order valence-corrected chi connectivity index (χ2v) is 17.9. The number of allylic oxidation sites excluding steroid dienone is 11. The molecule has 1 rings (SSSR count). The molecular weight excluding hydrogens is 765 g/mol. The number of hydrogen-bond donors (Lipinski definition) is 1. The van der Waals surface area contributed by atoms with Crippen LogP contribution in [0.4, 0.5) is 0 Å². The predicted octanol–water partition coefficient (Wildman–Crippen LogP) is 12.0. The van der Waals surface area contributed by atoms with Gasteiger partial charge in [0.15, 0.2) is 6.10 Å². The fraction of sp³-hybridized carbons (Fsp3) is 0.708. The quantitative estimate of drug-likeness (QED) is 0.0161. The number of phosphoric ester groups is 1. The summed E-state index contributed by atoms with van der Waals surface area (Å²) in [7, 11) is 1.39. The zero-order valence-electron chi connectivity index (χ0n) is 37.7. The van der Waals surface area contributed by atoms with Crippen molar-refractivity contribution in [2.24, 2.45) is 0 Å². The average molecular weight is 849 g/mol. The fourth-order valence-electron chi connectivity index (χ4n) is 5.94. The molecule has 11 heteroatoms. The molecule has 3 unspecified atom stereocenters. The zero-order valence-corrected chi connectivity index (χ0v) is 38.5. The van der Waals surface area contributed by atoms with Gasteiger partial charge in [0.1, 0.15) is 19.8 Å². The van der Waals surface area contributed by atoms with E-state index in [-0.39, 0.29) is 38.3 Å². The number of carbonyl (C=O) groups excluding carboxylic acids is 2. The van der Waals surface area contributed by atoms with Crippen LogP contribution in [0.5, 0.6) is 0 Å². The molecule has 0 amide bonds. The SMILES string of the molecule is CCCCC/C=C\C/C=C\C/C=C\CC1OC1CCCC(=O)OC[C@H](COP(=O)(O)OCC[N+](C)(C)C)OC(=O)CCC/C=C\C/C=C\C/C=C\CCCCCCCC. The molecular formula is C48H83NO9P+. The molecule has 0 radical (unpaired) electrons. The summed E-state index contributed by atoms with van der Waals surface area (Å²) < 4.78 is 40.0. The maximum atomic E-state index is 12.7. The lowest BCUT2D eigenvalue weighted by molar-refractivity contribution is -0.870. The number of likely N-dealkylation sites (N-methyl/N-ethyl adjacent to an activating group) is 1. The maximum Gasteiger partial charge on any atom is 0.472 e. The van der Waals surface area contributed by atoms with Crippen molar-refractivity contribution in [3.05, 3.63) is 72.9 Å². The van der Waals surface area contributed by atoms with Gasteiger partial charge in [0.2, 0.25) is 0 Å². The lowest BCUT2D eigenvalue weighted by atomic mass is 10.1. The molecule has 1 heterocycles. The Balaban J connectivity index is 2.38. The molecule has 0 aliphatic carbocycles. The van der Waals surface area contributed by atoms with Crippen LogP contribution < -0.4 is 0 Å². The molecule has 4 atom stereocenters. The third kappa shape index (κ3) is 36.9. The van der Waals surface area contributed by atoms with Crippen molar-refractivity contribution in [3.63, 3.8) is 0 Å². The van der Waals surface area contributed by atoms with Crippen LogP contribution >= 0.6 is 7.82 Å². The highest BCUT2D eigenvalue weighted by Crippen LogP contribution is 2.43. The van der Waals surface area contributed by atoms with Crippen molar-refractivity contribution in [1.29, 1.82) is 0 Å². The Bertz CT molecular complexity index is 1300. The van der Waals surface area contributed by atoms with Gasteiger partial charge in [0, 0.05) is 12.8 Å². The largest absolute Gasteiger partial charge is 0.472 e. The molecule has 0 saturated carbocycles. The van der Waals surface area contributed by atoms with Crippen LogP contribution in [-0.4, -0.2) is 87.1 Å². The first kappa shape index (κ1) is 54.4. The number of rotatable bonds is 39. The van der Waals surface area contributed by atoms with E-state index in [2.05, 4.69) is 80.7 Å². The van der Waals surface area contributed by atoms with E-state index < -0.39 is 32.5 Å². The number of quaternary nitrogens is 1. The van der Waals surface area contributed by atoms with E-state index in [1.807, 2.05) is 27.2 Å². The summed E-state index contributed by atoms with van der Waals surface area (Å²) in [6.07, 6.45) is 46.9. The Morgan fingerprint density at radius 1 is 0.627 bits per heavy atom. The van der Waals surface area contributed by atoms with E-state index in [1.165, 1.54) is 64.2 Å². The number of nitrogens with zero attached hydrogens (tertiary/aromatic N) is 1. The molecule has 1 N–H and O–H groups in total. The predicted molar refractivity (Wildman–Crippen MR) is 242 cm³/mol. The molecule has 59 heavy (non-hydrogen) atoms. The maximum absolute atomic E-state index is 12.7. The third-order valence-corrected chi connectivity index (χ3v) is 10.6. The van der Waals surface area contributed by atoms with E-state index in [0.29, 0.717) is 30.3 Å². The molecule has 1 aliphatic rings. The fourth-order valence-corrected chi connectivity index (χ4v) is 6.68. The first-order chi connectivity index (χ1) is 28.5. The summed E-state index contributed by atoms with van der Waals surface area (Å²) >= 11 is 0. The molecule has 0 aromatic heterocycles. The lowest BCUT2D eigenvalue weighted by Gasteiger charge is -2.24.